The number of ether oxygens (including phenoxy) is 1. The molecule has 40 heavy (non-hydrogen) atoms. The highest BCUT2D eigenvalue weighted by molar-refractivity contribution is 7.70. The summed E-state index contributed by atoms with van der Waals surface area (Å²) in [5.41, 5.74) is 2.45. The number of aliphatic hydroxyl groups is 2. The first-order chi connectivity index (χ1) is 18.8. The minimum Gasteiger partial charge on any atom is -0.387 e. The minimum absolute atomic E-state index is 0.102. The van der Waals surface area contributed by atoms with Crippen molar-refractivity contribution in [2.45, 2.75) is 42.8 Å². The van der Waals surface area contributed by atoms with Crippen LogP contribution in [0, 0.1) is 5.82 Å². The van der Waals surface area contributed by atoms with Gasteiger partial charge in [0.1, 0.15) is 24.1 Å². The van der Waals surface area contributed by atoms with E-state index in [1.54, 1.807) is 6.07 Å². The summed E-state index contributed by atoms with van der Waals surface area (Å²) in [6, 6.07) is 4.87. The first-order valence-electron chi connectivity index (χ1n) is 12.2. The second-order valence-corrected chi connectivity index (χ2v) is 14.7. The summed E-state index contributed by atoms with van der Waals surface area (Å²) in [6.07, 6.45) is -2.63. The van der Waals surface area contributed by atoms with Crippen LogP contribution >= 0.6 is 26.8 Å². The van der Waals surface area contributed by atoms with Crippen molar-refractivity contribution in [1.82, 2.24) is 19.5 Å². The maximum absolute atomic E-state index is 14.0. The smallest absolute Gasteiger partial charge is 0.340 e. The topological polar surface area (TPSA) is 201 Å². The molecule has 1 aliphatic carbocycles. The van der Waals surface area contributed by atoms with Crippen molar-refractivity contribution in [2.24, 2.45) is 0 Å². The fourth-order valence-electron chi connectivity index (χ4n) is 5.77. The summed E-state index contributed by atoms with van der Waals surface area (Å²) in [5, 5.41) is 21.1. The van der Waals surface area contributed by atoms with E-state index in [0.29, 0.717) is 24.4 Å². The van der Waals surface area contributed by atoms with Gasteiger partial charge in [-0.05, 0) is 47.7 Å². The third-order valence-corrected chi connectivity index (χ3v) is 11.2. The largest absolute Gasteiger partial charge is 0.387 e. The van der Waals surface area contributed by atoms with Crippen molar-refractivity contribution in [3.8, 4) is 0 Å². The van der Waals surface area contributed by atoms with Gasteiger partial charge >= 0.3 is 15.2 Å². The molecule has 5 atom stereocenters. The van der Waals surface area contributed by atoms with E-state index >= 15 is 0 Å². The van der Waals surface area contributed by atoms with Gasteiger partial charge in [0.2, 0.25) is 5.28 Å². The van der Waals surface area contributed by atoms with Crippen molar-refractivity contribution >= 4 is 43.8 Å². The number of anilines is 1. The predicted molar refractivity (Wildman–Crippen MR) is 138 cm³/mol. The molecule has 0 amide bonds. The van der Waals surface area contributed by atoms with E-state index in [1.165, 1.54) is 17.0 Å². The lowest BCUT2D eigenvalue weighted by atomic mass is 9.74. The fourth-order valence-corrected chi connectivity index (χ4v) is 8.50. The molecule has 216 valence electrons. The SMILES string of the molecule is O=P(O)(O)CP(=O)(O)OCC1OC(n2cnc3c(N4CC5(CCc6ccc(F)cc65)C4)nc(Cl)nc32)C(O)C1O. The first-order valence-corrected chi connectivity index (χ1v) is 16.2. The molecular weight excluding hydrogens is 595 g/mol. The Hall–Kier alpha value is -2.03. The van der Waals surface area contributed by atoms with Crippen molar-refractivity contribution in [3.05, 3.63) is 46.8 Å². The molecule has 3 aromatic rings. The first kappa shape index (κ1) is 28.1. The standard InChI is InChI=1S/C22H25ClFN5O9P2/c23-21-26-18(28-7-22(8-28)4-3-11-1-2-12(24)5-13(11)22)15-19(27-21)29(9-25-15)20-17(31)16(30)14(38-20)6-37-40(35,36)10-39(32,33)34/h1-2,5,9,14,16-17,20,30-31H,3-4,6-8,10H2,(H,35,36)(H2,32,33,34). The molecule has 14 nitrogen and oxygen atoms in total. The maximum atomic E-state index is 14.0. The molecule has 5 N–H and O–H groups in total. The molecule has 2 aliphatic heterocycles. The highest BCUT2D eigenvalue weighted by atomic mass is 35.5. The summed E-state index contributed by atoms with van der Waals surface area (Å²) in [4.78, 5) is 42.6. The minimum atomic E-state index is -4.85. The number of fused-ring (bicyclic) bond motifs is 3. The molecule has 0 bridgehead atoms. The summed E-state index contributed by atoms with van der Waals surface area (Å²) in [7, 11) is -9.56. The Kier molecular flexibility index (Phi) is 6.87. The second kappa shape index (κ2) is 9.77. The summed E-state index contributed by atoms with van der Waals surface area (Å²) >= 11 is 6.25. The molecule has 2 saturated heterocycles. The van der Waals surface area contributed by atoms with Gasteiger partial charge < -0.3 is 39.1 Å². The molecule has 2 fully saturated rings. The lowest BCUT2D eigenvalue weighted by Crippen LogP contribution is -2.58. The highest BCUT2D eigenvalue weighted by Gasteiger charge is 2.50. The van der Waals surface area contributed by atoms with E-state index in [1.807, 2.05) is 11.0 Å². The third-order valence-electron chi connectivity index (χ3n) is 7.59. The Balaban J connectivity index is 1.22. The molecule has 0 saturated carbocycles. The van der Waals surface area contributed by atoms with Crippen LogP contribution < -0.4 is 4.90 Å². The lowest BCUT2D eigenvalue weighted by molar-refractivity contribution is -0.0483. The van der Waals surface area contributed by atoms with Crippen LogP contribution in [-0.2, 0) is 30.2 Å². The molecule has 0 radical (unpaired) electrons. The number of imidazole rings is 1. The van der Waals surface area contributed by atoms with Crippen molar-refractivity contribution < 1.29 is 47.7 Å². The number of hydrogen-bond donors (Lipinski definition) is 5. The van der Waals surface area contributed by atoms with Gasteiger partial charge in [-0.1, -0.05) is 6.07 Å². The van der Waals surface area contributed by atoms with Gasteiger partial charge in [-0.3, -0.25) is 13.7 Å². The van der Waals surface area contributed by atoms with Crippen molar-refractivity contribution in [1.29, 1.82) is 0 Å². The maximum Gasteiger partial charge on any atom is 0.340 e. The quantitative estimate of drug-likeness (QED) is 0.187. The molecule has 18 heteroatoms. The number of benzene rings is 1. The Bertz CT molecular complexity index is 1580. The average molecular weight is 620 g/mol. The number of hydrogen-bond acceptors (Lipinski definition) is 10. The van der Waals surface area contributed by atoms with E-state index in [2.05, 4.69) is 15.0 Å². The molecule has 6 rings (SSSR count). The normalized spacial score (nSPS) is 27.2. The van der Waals surface area contributed by atoms with Gasteiger partial charge in [-0.15, -0.1) is 0 Å². The molecule has 2 aromatic heterocycles. The van der Waals surface area contributed by atoms with Crippen LogP contribution in [0.5, 0.6) is 0 Å². The zero-order chi connectivity index (χ0) is 28.6. The van der Waals surface area contributed by atoms with E-state index in [4.69, 9.17) is 30.6 Å². The second-order valence-electron chi connectivity index (χ2n) is 10.4. The molecule has 1 spiro atoms. The van der Waals surface area contributed by atoms with Crippen LogP contribution in [0.2, 0.25) is 5.28 Å². The van der Waals surface area contributed by atoms with Gasteiger partial charge in [0.25, 0.3) is 0 Å². The monoisotopic (exact) mass is 619 g/mol. The molecule has 3 aliphatic rings. The Morgan fingerprint density at radius 3 is 2.65 bits per heavy atom. The van der Waals surface area contributed by atoms with E-state index in [9.17, 15) is 28.6 Å². The van der Waals surface area contributed by atoms with Crippen LogP contribution in [0.25, 0.3) is 11.2 Å². The summed E-state index contributed by atoms with van der Waals surface area (Å²) in [6.45, 7) is 0.401. The van der Waals surface area contributed by atoms with Gasteiger partial charge in [0, 0.05) is 18.5 Å². The van der Waals surface area contributed by atoms with Gasteiger partial charge in [0.15, 0.2) is 29.1 Å². The predicted octanol–water partition coefficient (Wildman–Crippen LogP) is 1.28. The van der Waals surface area contributed by atoms with Crippen molar-refractivity contribution in [3.63, 3.8) is 0 Å². The zero-order valence-electron chi connectivity index (χ0n) is 20.6. The summed E-state index contributed by atoms with van der Waals surface area (Å²) in [5.74, 6) is -1.25. The van der Waals surface area contributed by atoms with Gasteiger partial charge in [0.05, 0.1) is 12.9 Å². The van der Waals surface area contributed by atoms with Crippen LogP contribution in [0.4, 0.5) is 10.2 Å². The number of halogens is 2. The zero-order valence-corrected chi connectivity index (χ0v) is 23.2. The average Bonchev–Trinajstić information content (AvgIpc) is 3.49. The van der Waals surface area contributed by atoms with E-state index < -0.39 is 52.2 Å². The van der Waals surface area contributed by atoms with Crippen molar-refractivity contribution in [2.75, 3.05) is 30.5 Å². The fraction of sp³-hybridized carbons (Fsp3) is 0.500. The molecule has 5 unspecified atom stereocenters. The molecular formula is C22H25ClFN5O9P2. The Labute approximate surface area is 231 Å². The number of rotatable bonds is 7. The number of aryl methyl sites for hydroxylation is 1. The third kappa shape index (κ3) is 4.98. The van der Waals surface area contributed by atoms with Gasteiger partial charge in [-0.25, -0.2) is 9.37 Å². The molecule has 4 heterocycles. The van der Waals surface area contributed by atoms with Crippen LogP contribution in [0.1, 0.15) is 23.8 Å². The van der Waals surface area contributed by atoms with E-state index in [-0.39, 0.29) is 22.2 Å². The summed E-state index contributed by atoms with van der Waals surface area (Å²) < 4.78 is 48.8. The van der Waals surface area contributed by atoms with Gasteiger partial charge in [-0.2, -0.15) is 9.97 Å². The number of aromatic nitrogens is 4. The number of aliphatic hydroxyl groups excluding tert-OH is 2. The Morgan fingerprint density at radius 1 is 1.18 bits per heavy atom. The van der Waals surface area contributed by atoms with Crippen LogP contribution in [0.3, 0.4) is 0 Å². The Morgan fingerprint density at radius 2 is 1.93 bits per heavy atom. The van der Waals surface area contributed by atoms with E-state index in [0.717, 1.165) is 24.0 Å². The molecule has 1 aromatic carbocycles. The van der Waals surface area contributed by atoms with Crippen LogP contribution in [-0.4, -0.2) is 88.3 Å². The highest BCUT2D eigenvalue weighted by Crippen LogP contribution is 2.55. The lowest BCUT2D eigenvalue weighted by Gasteiger charge is -2.49. The van der Waals surface area contributed by atoms with Crippen LogP contribution in [0.15, 0.2) is 24.5 Å². The number of nitrogens with zero attached hydrogens (tertiary/aromatic N) is 5.